The fraction of sp³-hybridized carbons (Fsp3) is 0.750. The molecule has 0 aromatic carbocycles. The summed E-state index contributed by atoms with van der Waals surface area (Å²) < 4.78 is 10.7. The molecular formula is C12H20N4O2. The largest absolute Gasteiger partial charge is 0.467 e. The topological polar surface area (TPSA) is 83.2 Å². The molecule has 0 saturated heterocycles. The van der Waals surface area contributed by atoms with Crippen molar-refractivity contribution in [3.05, 3.63) is 0 Å². The number of methoxy groups -OCH3 is 1. The number of anilines is 1. The molecule has 1 aromatic rings. The number of nitrogen functional groups attached to an aromatic ring is 1. The highest BCUT2D eigenvalue weighted by molar-refractivity contribution is 5.20. The summed E-state index contributed by atoms with van der Waals surface area (Å²) in [6, 6.07) is 0.460. The zero-order valence-corrected chi connectivity index (χ0v) is 10.9. The summed E-state index contributed by atoms with van der Waals surface area (Å²) in [5.41, 5.74) is 5.57. The van der Waals surface area contributed by atoms with E-state index in [0.717, 1.165) is 18.8 Å². The van der Waals surface area contributed by atoms with E-state index in [1.165, 1.54) is 26.4 Å². The van der Waals surface area contributed by atoms with E-state index >= 15 is 0 Å². The van der Waals surface area contributed by atoms with Gasteiger partial charge in [-0.25, -0.2) is 0 Å². The van der Waals surface area contributed by atoms with Crippen molar-refractivity contribution in [3.63, 3.8) is 0 Å². The minimum atomic E-state index is 0.125. The van der Waals surface area contributed by atoms with Crippen LogP contribution in [0.15, 0.2) is 0 Å². The van der Waals surface area contributed by atoms with E-state index in [4.69, 9.17) is 15.2 Å². The van der Waals surface area contributed by atoms with Gasteiger partial charge in [-0.2, -0.15) is 9.97 Å². The maximum absolute atomic E-state index is 5.79. The molecule has 2 rings (SSSR count). The SMILES string of the molecule is CCC1CCCC(Oc2nc(N)nc(OC)n2)C1. The maximum atomic E-state index is 5.79. The first kappa shape index (κ1) is 12.9. The molecule has 6 nitrogen and oxygen atoms in total. The van der Waals surface area contributed by atoms with Crippen molar-refractivity contribution in [1.29, 1.82) is 0 Å². The van der Waals surface area contributed by atoms with Gasteiger partial charge in [0.15, 0.2) is 0 Å². The van der Waals surface area contributed by atoms with E-state index in [1.54, 1.807) is 0 Å². The fourth-order valence-electron chi connectivity index (χ4n) is 2.37. The highest BCUT2D eigenvalue weighted by Gasteiger charge is 2.23. The lowest BCUT2D eigenvalue weighted by Crippen LogP contribution is -2.26. The standard InChI is InChI=1S/C12H20N4O2/c1-3-8-5-4-6-9(7-8)18-12-15-10(13)14-11(16-12)17-2/h8-9H,3-7H2,1-2H3,(H2,13,14,15,16). The molecule has 18 heavy (non-hydrogen) atoms. The number of rotatable bonds is 4. The number of aromatic nitrogens is 3. The van der Waals surface area contributed by atoms with Crippen LogP contribution in [0.2, 0.25) is 0 Å². The average molecular weight is 252 g/mol. The Hall–Kier alpha value is -1.59. The van der Waals surface area contributed by atoms with Crippen LogP contribution in [0.3, 0.4) is 0 Å². The van der Waals surface area contributed by atoms with Crippen LogP contribution in [0.25, 0.3) is 0 Å². The van der Waals surface area contributed by atoms with Crippen LogP contribution in [-0.2, 0) is 0 Å². The van der Waals surface area contributed by atoms with Crippen molar-refractivity contribution in [1.82, 2.24) is 15.0 Å². The molecule has 0 amide bonds. The number of ether oxygens (including phenoxy) is 2. The molecule has 6 heteroatoms. The smallest absolute Gasteiger partial charge is 0.324 e. The predicted molar refractivity (Wildman–Crippen MR) is 67.5 cm³/mol. The molecule has 1 aromatic heterocycles. The molecule has 1 saturated carbocycles. The number of nitrogens with two attached hydrogens (primary N) is 1. The van der Waals surface area contributed by atoms with E-state index < -0.39 is 0 Å². The minimum absolute atomic E-state index is 0.125. The molecule has 1 aliphatic carbocycles. The molecule has 1 aliphatic rings. The number of nitrogens with zero attached hydrogens (tertiary/aromatic N) is 3. The van der Waals surface area contributed by atoms with Gasteiger partial charge in [0.2, 0.25) is 5.95 Å². The van der Waals surface area contributed by atoms with Crippen molar-refractivity contribution < 1.29 is 9.47 Å². The lowest BCUT2D eigenvalue weighted by atomic mass is 9.86. The van der Waals surface area contributed by atoms with Crippen molar-refractivity contribution >= 4 is 5.95 Å². The average Bonchev–Trinajstić information content (AvgIpc) is 2.38. The normalized spacial score (nSPS) is 23.7. The minimum Gasteiger partial charge on any atom is -0.467 e. The van der Waals surface area contributed by atoms with Crippen LogP contribution in [-0.4, -0.2) is 28.2 Å². The molecule has 0 bridgehead atoms. The Morgan fingerprint density at radius 3 is 2.72 bits per heavy atom. The second kappa shape index (κ2) is 5.84. The van der Waals surface area contributed by atoms with Gasteiger partial charge in [-0.3, -0.25) is 0 Å². The van der Waals surface area contributed by atoms with Gasteiger partial charge >= 0.3 is 12.0 Å². The Labute approximate surface area is 107 Å². The lowest BCUT2D eigenvalue weighted by Gasteiger charge is -2.28. The Kier molecular flexibility index (Phi) is 4.17. The highest BCUT2D eigenvalue weighted by atomic mass is 16.5. The van der Waals surface area contributed by atoms with Gasteiger partial charge in [0.25, 0.3) is 0 Å². The van der Waals surface area contributed by atoms with Gasteiger partial charge < -0.3 is 15.2 Å². The second-order valence-electron chi connectivity index (χ2n) is 4.64. The highest BCUT2D eigenvalue weighted by Crippen LogP contribution is 2.29. The lowest BCUT2D eigenvalue weighted by molar-refractivity contribution is 0.110. The van der Waals surface area contributed by atoms with E-state index in [-0.39, 0.29) is 24.1 Å². The van der Waals surface area contributed by atoms with Gasteiger partial charge in [0.1, 0.15) is 6.10 Å². The summed E-state index contributed by atoms with van der Waals surface area (Å²) in [7, 11) is 1.49. The van der Waals surface area contributed by atoms with Gasteiger partial charge in [0.05, 0.1) is 7.11 Å². The summed E-state index contributed by atoms with van der Waals surface area (Å²) in [5.74, 6) is 0.865. The van der Waals surface area contributed by atoms with Crippen molar-refractivity contribution in [2.75, 3.05) is 12.8 Å². The first-order valence-corrected chi connectivity index (χ1v) is 6.43. The van der Waals surface area contributed by atoms with E-state index in [9.17, 15) is 0 Å². The predicted octanol–water partition coefficient (Wildman–Crippen LogP) is 1.81. The van der Waals surface area contributed by atoms with Crippen LogP contribution in [0, 0.1) is 5.92 Å². The number of hydrogen-bond donors (Lipinski definition) is 1. The summed E-state index contributed by atoms with van der Waals surface area (Å²) in [4.78, 5) is 11.9. The molecule has 2 N–H and O–H groups in total. The molecule has 1 heterocycles. The molecule has 0 spiro atoms. The van der Waals surface area contributed by atoms with E-state index in [2.05, 4.69) is 21.9 Å². The first-order chi connectivity index (χ1) is 8.71. The Morgan fingerprint density at radius 2 is 2.00 bits per heavy atom. The molecule has 100 valence electrons. The molecule has 0 radical (unpaired) electrons. The quantitative estimate of drug-likeness (QED) is 0.879. The zero-order chi connectivity index (χ0) is 13.0. The molecule has 1 fully saturated rings. The van der Waals surface area contributed by atoms with Crippen LogP contribution in [0.4, 0.5) is 5.95 Å². The summed E-state index contributed by atoms with van der Waals surface area (Å²) in [6.07, 6.45) is 5.97. The maximum Gasteiger partial charge on any atom is 0.324 e. The summed E-state index contributed by atoms with van der Waals surface area (Å²) in [5, 5.41) is 0. The van der Waals surface area contributed by atoms with Gasteiger partial charge in [-0.05, 0) is 25.2 Å². The van der Waals surface area contributed by atoms with Crippen molar-refractivity contribution in [2.24, 2.45) is 5.92 Å². The Bertz CT molecular complexity index is 400. The zero-order valence-electron chi connectivity index (χ0n) is 10.9. The third kappa shape index (κ3) is 3.21. The van der Waals surface area contributed by atoms with E-state index in [1.807, 2.05) is 0 Å². The molecule has 2 unspecified atom stereocenters. The Balaban J connectivity index is 2.02. The molecular weight excluding hydrogens is 232 g/mol. The van der Waals surface area contributed by atoms with E-state index in [0.29, 0.717) is 0 Å². The fourth-order valence-corrected chi connectivity index (χ4v) is 2.37. The molecule has 2 atom stereocenters. The Morgan fingerprint density at radius 1 is 1.22 bits per heavy atom. The van der Waals surface area contributed by atoms with Crippen LogP contribution >= 0.6 is 0 Å². The van der Waals surface area contributed by atoms with Gasteiger partial charge in [-0.15, -0.1) is 4.98 Å². The monoisotopic (exact) mass is 252 g/mol. The first-order valence-electron chi connectivity index (χ1n) is 6.43. The third-order valence-corrected chi connectivity index (χ3v) is 3.38. The van der Waals surface area contributed by atoms with Crippen LogP contribution < -0.4 is 15.2 Å². The summed E-state index contributed by atoms with van der Waals surface area (Å²) in [6.45, 7) is 2.22. The second-order valence-corrected chi connectivity index (χ2v) is 4.64. The van der Waals surface area contributed by atoms with Gasteiger partial charge in [-0.1, -0.05) is 19.8 Å². The summed E-state index contributed by atoms with van der Waals surface area (Å²) >= 11 is 0. The van der Waals surface area contributed by atoms with Gasteiger partial charge in [0, 0.05) is 0 Å². The third-order valence-electron chi connectivity index (χ3n) is 3.38. The van der Waals surface area contributed by atoms with Crippen molar-refractivity contribution in [2.45, 2.75) is 45.1 Å². The van der Waals surface area contributed by atoms with Crippen LogP contribution in [0.1, 0.15) is 39.0 Å². The molecule has 0 aliphatic heterocycles. The number of hydrogen-bond acceptors (Lipinski definition) is 6. The van der Waals surface area contributed by atoms with Crippen LogP contribution in [0.5, 0.6) is 12.0 Å². The van der Waals surface area contributed by atoms with Crippen molar-refractivity contribution in [3.8, 4) is 12.0 Å².